The lowest BCUT2D eigenvalue weighted by molar-refractivity contribution is -0.113. The molecule has 1 unspecified atom stereocenters. The van der Waals surface area contributed by atoms with E-state index in [4.69, 9.17) is 4.98 Å². The first-order chi connectivity index (χ1) is 16.4. The average Bonchev–Trinajstić information content (AvgIpc) is 3.19. The molecule has 0 bridgehead atoms. The van der Waals surface area contributed by atoms with Gasteiger partial charge in [0.25, 0.3) is 5.56 Å². The Kier molecular flexibility index (Phi) is 6.32. The summed E-state index contributed by atoms with van der Waals surface area (Å²) in [4.78, 5) is 33.6. The van der Waals surface area contributed by atoms with Gasteiger partial charge in [0.05, 0.1) is 16.8 Å². The third kappa shape index (κ3) is 4.30. The molecule has 2 aromatic heterocycles. The number of carbonyl (C=O) groups is 1. The van der Waals surface area contributed by atoms with Crippen LogP contribution in [-0.2, 0) is 17.6 Å². The van der Waals surface area contributed by atoms with Gasteiger partial charge in [-0.05, 0) is 73.9 Å². The predicted octanol–water partition coefficient (Wildman–Crippen LogP) is 5.92. The fourth-order valence-electron chi connectivity index (χ4n) is 4.48. The molecule has 1 aliphatic rings. The van der Waals surface area contributed by atoms with E-state index < -0.39 is 0 Å². The van der Waals surface area contributed by atoms with Crippen LogP contribution in [0, 0.1) is 19.8 Å². The van der Waals surface area contributed by atoms with Crippen molar-refractivity contribution in [2.45, 2.75) is 45.2 Å². The van der Waals surface area contributed by atoms with Gasteiger partial charge in [-0.1, -0.05) is 49.0 Å². The molecule has 1 amide bonds. The van der Waals surface area contributed by atoms with Crippen molar-refractivity contribution in [3.63, 3.8) is 0 Å². The molecule has 5 rings (SSSR count). The van der Waals surface area contributed by atoms with Crippen molar-refractivity contribution in [3.05, 3.63) is 80.5 Å². The Morgan fingerprint density at radius 1 is 1.18 bits per heavy atom. The summed E-state index contributed by atoms with van der Waals surface area (Å²) in [5.41, 5.74) is 4.90. The van der Waals surface area contributed by atoms with Crippen LogP contribution < -0.4 is 10.9 Å². The molecule has 0 fully saturated rings. The van der Waals surface area contributed by atoms with E-state index in [1.165, 1.54) is 22.2 Å². The van der Waals surface area contributed by atoms with Gasteiger partial charge in [-0.3, -0.25) is 14.2 Å². The Balaban J connectivity index is 1.51. The number of nitrogens with one attached hydrogen (secondary N) is 1. The molecule has 1 N–H and O–H groups in total. The molecule has 0 spiro atoms. The number of anilines is 1. The Labute approximate surface area is 207 Å². The SMILES string of the molecule is Cc1cccc(NC(=O)CSc2nc3sc4c(c3c(=O)n2-c2ccccc2)CCC(C)C4)c1C. The van der Waals surface area contributed by atoms with Gasteiger partial charge in [-0.25, -0.2) is 4.98 Å². The first kappa shape index (κ1) is 22.9. The summed E-state index contributed by atoms with van der Waals surface area (Å²) >= 11 is 2.94. The number of thiophene rings is 1. The minimum atomic E-state index is -0.119. The van der Waals surface area contributed by atoms with E-state index in [1.807, 2.05) is 62.4 Å². The van der Waals surface area contributed by atoms with Gasteiger partial charge in [0, 0.05) is 10.6 Å². The van der Waals surface area contributed by atoms with Gasteiger partial charge in [-0.15, -0.1) is 11.3 Å². The number of thioether (sulfide) groups is 1. The zero-order valence-electron chi connectivity index (χ0n) is 19.6. The number of hydrogen-bond donors (Lipinski definition) is 1. The summed E-state index contributed by atoms with van der Waals surface area (Å²) < 4.78 is 1.67. The van der Waals surface area contributed by atoms with Gasteiger partial charge in [-0.2, -0.15) is 0 Å². The van der Waals surface area contributed by atoms with Crippen LogP contribution in [0.4, 0.5) is 5.69 Å². The van der Waals surface area contributed by atoms with Crippen molar-refractivity contribution in [2.24, 2.45) is 5.92 Å². The molecular weight excluding hydrogens is 462 g/mol. The van der Waals surface area contributed by atoms with Crippen molar-refractivity contribution in [1.29, 1.82) is 0 Å². The van der Waals surface area contributed by atoms with Crippen LogP contribution in [0.5, 0.6) is 0 Å². The molecule has 1 atom stereocenters. The smallest absolute Gasteiger partial charge is 0.267 e. The van der Waals surface area contributed by atoms with Crippen LogP contribution in [0.3, 0.4) is 0 Å². The summed E-state index contributed by atoms with van der Waals surface area (Å²) in [6, 6.07) is 15.5. The molecule has 0 radical (unpaired) electrons. The highest BCUT2D eigenvalue weighted by Crippen LogP contribution is 2.37. The molecule has 1 aliphatic carbocycles. The van der Waals surface area contributed by atoms with Crippen molar-refractivity contribution >= 4 is 44.9 Å². The predicted molar refractivity (Wildman–Crippen MR) is 142 cm³/mol. The van der Waals surface area contributed by atoms with E-state index in [-0.39, 0.29) is 17.2 Å². The molecule has 2 heterocycles. The molecule has 4 aromatic rings. The maximum Gasteiger partial charge on any atom is 0.267 e. The van der Waals surface area contributed by atoms with Gasteiger partial charge in [0.1, 0.15) is 4.83 Å². The molecule has 7 heteroatoms. The topological polar surface area (TPSA) is 64.0 Å². The highest BCUT2D eigenvalue weighted by molar-refractivity contribution is 7.99. The van der Waals surface area contributed by atoms with Crippen LogP contribution in [0.15, 0.2) is 58.5 Å². The van der Waals surface area contributed by atoms with E-state index in [2.05, 4.69) is 12.2 Å². The van der Waals surface area contributed by atoms with E-state index >= 15 is 0 Å². The second-order valence-corrected chi connectivity index (χ2v) is 11.0. The number of amides is 1. The summed E-state index contributed by atoms with van der Waals surface area (Å²) in [5, 5.41) is 4.30. The molecule has 5 nitrogen and oxygen atoms in total. The molecule has 174 valence electrons. The third-order valence-electron chi connectivity index (χ3n) is 6.52. The highest BCUT2D eigenvalue weighted by atomic mass is 32.2. The molecule has 0 saturated heterocycles. The minimum absolute atomic E-state index is 0.0410. The van der Waals surface area contributed by atoms with Crippen molar-refractivity contribution in [1.82, 2.24) is 9.55 Å². The number of aromatic nitrogens is 2. The average molecular weight is 490 g/mol. The fourth-order valence-corrected chi connectivity index (χ4v) is 6.71. The quantitative estimate of drug-likeness (QED) is 0.279. The molecule has 0 saturated carbocycles. The lowest BCUT2D eigenvalue weighted by Gasteiger charge is -2.18. The Hall–Kier alpha value is -2.90. The summed E-state index contributed by atoms with van der Waals surface area (Å²) in [6.07, 6.45) is 3.02. The van der Waals surface area contributed by atoms with Crippen LogP contribution in [0.1, 0.15) is 34.9 Å². The molecule has 34 heavy (non-hydrogen) atoms. The van der Waals surface area contributed by atoms with E-state index in [0.717, 1.165) is 52.0 Å². The van der Waals surface area contributed by atoms with Gasteiger partial charge < -0.3 is 5.32 Å². The monoisotopic (exact) mass is 489 g/mol. The van der Waals surface area contributed by atoms with Crippen LogP contribution >= 0.6 is 23.1 Å². The minimum Gasteiger partial charge on any atom is -0.325 e. The lowest BCUT2D eigenvalue weighted by atomic mass is 9.89. The molecule has 2 aromatic carbocycles. The third-order valence-corrected chi connectivity index (χ3v) is 8.61. The van der Waals surface area contributed by atoms with Gasteiger partial charge in [0.2, 0.25) is 5.91 Å². The first-order valence-corrected chi connectivity index (χ1v) is 13.3. The van der Waals surface area contributed by atoms with Crippen molar-refractivity contribution in [2.75, 3.05) is 11.1 Å². The Morgan fingerprint density at radius 2 is 1.97 bits per heavy atom. The highest BCUT2D eigenvalue weighted by Gasteiger charge is 2.25. The summed E-state index contributed by atoms with van der Waals surface area (Å²) in [6.45, 7) is 6.29. The zero-order valence-corrected chi connectivity index (χ0v) is 21.2. The first-order valence-electron chi connectivity index (χ1n) is 11.5. The van der Waals surface area contributed by atoms with Crippen molar-refractivity contribution in [3.8, 4) is 5.69 Å². The molecular formula is C27H27N3O2S2. The van der Waals surface area contributed by atoms with E-state index in [0.29, 0.717) is 11.1 Å². The largest absolute Gasteiger partial charge is 0.325 e. The Morgan fingerprint density at radius 3 is 2.76 bits per heavy atom. The Bertz CT molecular complexity index is 1440. The normalized spacial score (nSPS) is 15.3. The number of carbonyl (C=O) groups excluding carboxylic acids is 1. The number of para-hydroxylation sites is 1. The van der Waals surface area contributed by atoms with E-state index in [9.17, 15) is 9.59 Å². The van der Waals surface area contributed by atoms with Crippen molar-refractivity contribution < 1.29 is 4.79 Å². The fraction of sp³-hybridized carbons (Fsp3) is 0.296. The van der Waals surface area contributed by atoms with Crippen LogP contribution in [0.25, 0.3) is 15.9 Å². The number of rotatable bonds is 5. The van der Waals surface area contributed by atoms with Crippen LogP contribution in [-0.4, -0.2) is 21.2 Å². The zero-order chi connectivity index (χ0) is 23.8. The molecule has 0 aliphatic heterocycles. The van der Waals surface area contributed by atoms with Gasteiger partial charge >= 0.3 is 0 Å². The number of benzene rings is 2. The standard InChI is InChI=1S/C27H27N3O2S2/c1-16-12-13-20-22(14-16)34-25-24(20)26(32)30(19-9-5-4-6-10-19)27(29-25)33-15-23(31)28-21-11-7-8-17(2)18(21)3/h4-11,16H,12-15H2,1-3H3,(H,28,31). The second kappa shape index (κ2) is 9.39. The van der Waals surface area contributed by atoms with Gasteiger partial charge in [0.15, 0.2) is 5.16 Å². The lowest BCUT2D eigenvalue weighted by Crippen LogP contribution is -2.23. The summed E-state index contributed by atoms with van der Waals surface area (Å²) in [5.74, 6) is 0.673. The van der Waals surface area contributed by atoms with Crippen LogP contribution in [0.2, 0.25) is 0 Å². The summed E-state index contributed by atoms with van der Waals surface area (Å²) in [7, 11) is 0. The number of nitrogens with zero attached hydrogens (tertiary/aromatic N) is 2. The maximum absolute atomic E-state index is 13.8. The maximum atomic E-state index is 13.8. The number of hydrogen-bond acceptors (Lipinski definition) is 5. The number of aryl methyl sites for hydroxylation is 2. The second-order valence-electron chi connectivity index (χ2n) is 8.99. The number of fused-ring (bicyclic) bond motifs is 3. The van der Waals surface area contributed by atoms with E-state index in [1.54, 1.807) is 15.9 Å².